The minimum Gasteiger partial charge on any atom is -0.494 e. The average Bonchev–Trinajstić information content (AvgIpc) is 2.75. The highest BCUT2D eigenvalue weighted by Crippen LogP contribution is 2.38. The minimum atomic E-state index is 0.695. The number of ether oxygens (including phenoxy) is 1. The Labute approximate surface area is 119 Å². The van der Waals surface area contributed by atoms with Gasteiger partial charge < -0.3 is 10.5 Å². The van der Waals surface area contributed by atoms with Crippen LogP contribution in [0, 0.1) is 13.8 Å². The number of benzene rings is 1. The number of thiophene rings is 1. The summed E-state index contributed by atoms with van der Waals surface area (Å²) >= 11 is 1.68. The lowest BCUT2D eigenvalue weighted by molar-refractivity contribution is 0.337. The summed E-state index contributed by atoms with van der Waals surface area (Å²) < 4.78 is 5.64. The van der Waals surface area contributed by atoms with Gasteiger partial charge in [-0.25, -0.2) is 0 Å². The number of anilines is 1. The van der Waals surface area contributed by atoms with E-state index in [1.165, 1.54) is 16.0 Å². The standard InChI is InChI=1S/C16H21NOS/c1-5-12-9-14(16(17)19-12)13-7-11(4)15(18-6-2)8-10(13)3/h7-9H,5-6,17H2,1-4H3. The van der Waals surface area contributed by atoms with Crippen LogP contribution in [-0.2, 0) is 6.42 Å². The first-order chi connectivity index (χ1) is 9.06. The molecule has 0 unspecified atom stereocenters. The predicted molar refractivity (Wildman–Crippen MR) is 84.2 cm³/mol. The summed E-state index contributed by atoms with van der Waals surface area (Å²) in [6, 6.07) is 6.50. The summed E-state index contributed by atoms with van der Waals surface area (Å²) in [7, 11) is 0. The topological polar surface area (TPSA) is 35.2 Å². The highest BCUT2D eigenvalue weighted by atomic mass is 32.1. The van der Waals surface area contributed by atoms with Crippen molar-refractivity contribution in [3.63, 3.8) is 0 Å². The number of hydrogen-bond acceptors (Lipinski definition) is 3. The minimum absolute atomic E-state index is 0.695. The van der Waals surface area contributed by atoms with Gasteiger partial charge in [-0.1, -0.05) is 6.92 Å². The third kappa shape index (κ3) is 2.76. The van der Waals surface area contributed by atoms with E-state index in [-0.39, 0.29) is 0 Å². The lowest BCUT2D eigenvalue weighted by Crippen LogP contribution is -1.96. The van der Waals surface area contributed by atoms with E-state index in [9.17, 15) is 0 Å². The van der Waals surface area contributed by atoms with Crippen LogP contribution in [0.1, 0.15) is 29.9 Å². The second kappa shape index (κ2) is 5.66. The average molecular weight is 275 g/mol. The molecule has 2 nitrogen and oxygen atoms in total. The molecule has 1 aromatic heterocycles. The van der Waals surface area contributed by atoms with E-state index >= 15 is 0 Å². The molecule has 0 saturated carbocycles. The molecule has 0 saturated heterocycles. The molecule has 19 heavy (non-hydrogen) atoms. The van der Waals surface area contributed by atoms with Gasteiger partial charge in [0.1, 0.15) is 5.75 Å². The normalized spacial score (nSPS) is 10.7. The molecule has 0 atom stereocenters. The number of rotatable bonds is 4. The van der Waals surface area contributed by atoms with Crippen molar-refractivity contribution in [3.05, 3.63) is 34.2 Å². The van der Waals surface area contributed by atoms with Gasteiger partial charge in [-0.3, -0.25) is 0 Å². The third-order valence-electron chi connectivity index (χ3n) is 3.27. The van der Waals surface area contributed by atoms with Gasteiger partial charge in [0.25, 0.3) is 0 Å². The molecule has 0 aliphatic rings. The van der Waals surface area contributed by atoms with E-state index in [2.05, 4.69) is 39.0 Å². The Hall–Kier alpha value is -1.48. The van der Waals surface area contributed by atoms with Gasteiger partial charge >= 0.3 is 0 Å². The first kappa shape index (κ1) is 13.9. The van der Waals surface area contributed by atoms with Crippen molar-refractivity contribution in [3.8, 4) is 16.9 Å². The summed E-state index contributed by atoms with van der Waals surface area (Å²) in [4.78, 5) is 1.33. The van der Waals surface area contributed by atoms with Crippen LogP contribution in [0.5, 0.6) is 5.75 Å². The fraction of sp³-hybridized carbons (Fsp3) is 0.375. The second-order valence-electron chi connectivity index (χ2n) is 4.71. The quantitative estimate of drug-likeness (QED) is 0.886. The molecule has 1 heterocycles. The molecule has 0 radical (unpaired) electrons. The van der Waals surface area contributed by atoms with Crippen LogP contribution in [0.4, 0.5) is 5.00 Å². The highest BCUT2D eigenvalue weighted by Gasteiger charge is 2.12. The van der Waals surface area contributed by atoms with Crippen LogP contribution < -0.4 is 10.5 Å². The van der Waals surface area contributed by atoms with Crippen molar-refractivity contribution in [2.75, 3.05) is 12.3 Å². The largest absolute Gasteiger partial charge is 0.494 e. The van der Waals surface area contributed by atoms with Gasteiger partial charge in [0.15, 0.2) is 0 Å². The fourth-order valence-corrected chi connectivity index (χ4v) is 3.12. The Morgan fingerprint density at radius 2 is 1.79 bits per heavy atom. The van der Waals surface area contributed by atoms with E-state index < -0.39 is 0 Å². The fourth-order valence-electron chi connectivity index (χ4n) is 2.23. The van der Waals surface area contributed by atoms with Crippen LogP contribution >= 0.6 is 11.3 Å². The maximum atomic E-state index is 6.15. The SMILES string of the molecule is CCOc1cc(C)c(-c2cc(CC)sc2N)cc1C. The van der Waals surface area contributed by atoms with Crippen molar-refractivity contribution in [1.82, 2.24) is 0 Å². The van der Waals surface area contributed by atoms with Crippen molar-refractivity contribution >= 4 is 16.3 Å². The molecule has 0 aliphatic heterocycles. The van der Waals surface area contributed by atoms with E-state index in [4.69, 9.17) is 10.5 Å². The lowest BCUT2D eigenvalue weighted by Gasteiger charge is -2.12. The molecule has 2 aromatic rings. The summed E-state index contributed by atoms with van der Waals surface area (Å²) in [6.45, 7) is 9.05. The Bertz CT molecular complexity index is 587. The van der Waals surface area contributed by atoms with Gasteiger partial charge in [-0.2, -0.15) is 0 Å². The van der Waals surface area contributed by atoms with Gasteiger partial charge in [-0.15, -0.1) is 11.3 Å². The Morgan fingerprint density at radius 1 is 1.05 bits per heavy atom. The van der Waals surface area contributed by atoms with Crippen molar-refractivity contribution in [2.24, 2.45) is 0 Å². The third-order valence-corrected chi connectivity index (χ3v) is 4.38. The molecule has 102 valence electrons. The summed E-state index contributed by atoms with van der Waals surface area (Å²) in [6.07, 6.45) is 1.03. The molecular formula is C16H21NOS. The van der Waals surface area contributed by atoms with E-state index in [1.54, 1.807) is 11.3 Å². The summed E-state index contributed by atoms with van der Waals surface area (Å²) in [5.41, 5.74) is 10.9. The van der Waals surface area contributed by atoms with E-state index in [0.717, 1.165) is 28.3 Å². The first-order valence-corrected chi connectivity index (χ1v) is 7.51. The van der Waals surface area contributed by atoms with Gasteiger partial charge in [0.2, 0.25) is 0 Å². The summed E-state index contributed by atoms with van der Waals surface area (Å²) in [5.74, 6) is 0.966. The number of nitrogen functional groups attached to an aromatic ring is 1. The molecule has 0 amide bonds. The first-order valence-electron chi connectivity index (χ1n) is 6.69. The maximum Gasteiger partial charge on any atom is 0.122 e. The molecular weight excluding hydrogens is 254 g/mol. The van der Waals surface area contributed by atoms with Crippen molar-refractivity contribution in [2.45, 2.75) is 34.1 Å². The van der Waals surface area contributed by atoms with Crippen LogP contribution in [0.15, 0.2) is 18.2 Å². The molecule has 0 spiro atoms. The summed E-state index contributed by atoms with van der Waals surface area (Å²) in [5, 5.41) is 0.906. The smallest absolute Gasteiger partial charge is 0.122 e. The molecule has 2 rings (SSSR count). The van der Waals surface area contributed by atoms with Crippen LogP contribution in [0.2, 0.25) is 0 Å². The molecule has 3 heteroatoms. The van der Waals surface area contributed by atoms with Crippen LogP contribution in [-0.4, -0.2) is 6.61 Å². The van der Waals surface area contributed by atoms with Crippen LogP contribution in [0.3, 0.4) is 0 Å². The molecule has 0 aliphatic carbocycles. The molecule has 2 N–H and O–H groups in total. The second-order valence-corrected chi connectivity index (χ2v) is 5.88. The highest BCUT2D eigenvalue weighted by molar-refractivity contribution is 7.16. The Balaban J connectivity index is 2.50. The van der Waals surface area contributed by atoms with Gasteiger partial charge in [0, 0.05) is 10.4 Å². The van der Waals surface area contributed by atoms with Crippen LogP contribution in [0.25, 0.3) is 11.1 Å². The zero-order chi connectivity index (χ0) is 14.0. The Kier molecular flexibility index (Phi) is 4.15. The van der Waals surface area contributed by atoms with E-state index in [0.29, 0.717) is 6.61 Å². The zero-order valence-corrected chi connectivity index (χ0v) is 12.9. The maximum absolute atomic E-state index is 6.15. The predicted octanol–water partition coefficient (Wildman–Crippen LogP) is 4.58. The molecule has 0 fully saturated rings. The number of nitrogens with two attached hydrogens (primary N) is 1. The monoisotopic (exact) mass is 275 g/mol. The van der Waals surface area contributed by atoms with Gasteiger partial charge in [0.05, 0.1) is 11.6 Å². The lowest BCUT2D eigenvalue weighted by atomic mass is 9.99. The van der Waals surface area contributed by atoms with Gasteiger partial charge in [-0.05, 0) is 62.1 Å². The van der Waals surface area contributed by atoms with Crippen molar-refractivity contribution < 1.29 is 4.74 Å². The molecule has 1 aromatic carbocycles. The Morgan fingerprint density at radius 3 is 2.37 bits per heavy atom. The van der Waals surface area contributed by atoms with E-state index in [1.807, 2.05) is 6.92 Å². The zero-order valence-electron chi connectivity index (χ0n) is 12.0. The van der Waals surface area contributed by atoms with Crippen molar-refractivity contribution in [1.29, 1.82) is 0 Å². The number of hydrogen-bond donors (Lipinski definition) is 1. The number of aryl methyl sites for hydroxylation is 3. The molecule has 0 bridgehead atoms.